The summed E-state index contributed by atoms with van der Waals surface area (Å²) >= 11 is 0. The predicted octanol–water partition coefficient (Wildman–Crippen LogP) is 3.10. The van der Waals surface area contributed by atoms with Crippen LogP contribution in [-0.2, 0) is 14.3 Å². The number of fused-ring (bicyclic) bond motifs is 2. The number of piperazine rings is 1. The van der Waals surface area contributed by atoms with E-state index in [0.29, 0.717) is 13.0 Å². The van der Waals surface area contributed by atoms with Crippen LogP contribution in [0.25, 0.3) is 0 Å². The van der Waals surface area contributed by atoms with Crippen LogP contribution in [0, 0.1) is 17.3 Å². The lowest BCUT2D eigenvalue weighted by Crippen LogP contribution is -2.69. The van der Waals surface area contributed by atoms with Crippen LogP contribution in [-0.4, -0.2) is 80.2 Å². The first-order valence-corrected chi connectivity index (χ1v) is 12.8. The molecule has 2 aliphatic carbocycles. The molecule has 2 aliphatic heterocycles. The SMILES string of the molecule is COc1cccc(N2CCN(C[C@@H]3C(=O)O[C@@H]4C[C@@]5(C)CCC[C@@](C)(OC)[C@]5(O)C[C@H]34)CC2)c1. The monoisotopic (exact) mass is 472 g/mol. The van der Waals surface area contributed by atoms with Gasteiger partial charge in [0, 0.05) is 62.9 Å². The molecular formula is C27H40N2O5. The molecule has 0 spiro atoms. The van der Waals surface area contributed by atoms with Crippen molar-refractivity contribution < 1.29 is 24.1 Å². The zero-order chi connectivity index (χ0) is 24.1. The number of aliphatic hydroxyl groups is 1. The van der Waals surface area contributed by atoms with E-state index in [4.69, 9.17) is 14.2 Å². The van der Waals surface area contributed by atoms with Gasteiger partial charge in [0.2, 0.25) is 0 Å². The standard InChI is InChI=1S/C27H40N2O5/c1-25-9-6-10-26(2,33-4)27(25,31)16-21-22(24(30)34-23(21)17-25)18-28-11-13-29(14-12-28)19-7-5-8-20(15-19)32-3/h5,7-8,15,21-23,31H,6,9-14,16-18H2,1-4H3/t21-,22+,23-,25-,26-,27+/m1/s1. The second-order valence-electron chi connectivity index (χ2n) is 11.4. The smallest absolute Gasteiger partial charge is 0.310 e. The molecule has 0 bridgehead atoms. The maximum absolute atomic E-state index is 13.0. The molecule has 2 heterocycles. The molecule has 2 saturated carbocycles. The van der Waals surface area contributed by atoms with Gasteiger partial charge in [-0.3, -0.25) is 9.69 Å². The van der Waals surface area contributed by atoms with Crippen LogP contribution in [0.3, 0.4) is 0 Å². The van der Waals surface area contributed by atoms with Gasteiger partial charge in [-0.15, -0.1) is 0 Å². The molecule has 0 aromatic heterocycles. The summed E-state index contributed by atoms with van der Waals surface area (Å²) in [7, 11) is 3.41. The summed E-state index contributed by atoms with van der Waals surface area (Å²) in [5.41, 5.74) is -0.673. The van der Waals surface area contributed by atoms with Gasteiger partial charge < -0.3 is 24.2 Å². The minimum absolute atomic E-state index is 0.0366. The summed E-state index contributed by atoms with van der Waals surface area (Å²) in [6.45, 7) is 8.53. The number of rotatable bonds is 5. The average molecular weight is 473 g/mol. The molecule has 0 amide bonds. The maximum Gasteiger partial charge on any atom is 0.310 e. The van der Waals surface area contributed by atoms with E-state index in [0.717, 1.165) is 57.6 Å². The van der Waals surface area contributed by atoms with E-state index in [9.17, 15) is 9.90 Å². The quantitative estimate of drug-likeness (QED) is 0.661. The number of hydrogen-bond acceptors (Lipinski definition) is 7. The fourth-order valence-electron chi connectivity index (χ4n) is 7.37. The molecule has 1 aromatic carbocycles. The van der Waals surface area contributed by atoms with Crippen LogP contribution in [0.1, 0.15) is 46.0 Å². The zero-order valence-electron chi connectivity index (χ0n) is 21.1. The number of methoxy groups -OCH3 is 2. The first-order chi connectivity index (χ1) is 16.2. The highest BCUT2D eigenvalue weighted by molar-refractivity contribution is 5.75. The van der Waals surface area contributed by atoms with Crippen LogP contribution in [0.15, 0.2) is 24.3 Å². The second-order valence-corrected chi connectivity index (χ2v) is 11.4. The summed E-state index contributed by atoms with van der Waals surface area (Å²) in [5.74, 6) is 0.627. The van der Waals surface area contributed by atoms with Gasteiger partial charge in [0.1, 0.15) is 11.9 Å². The summed E-state index contributed by atoms with van der Waals surface area (Å²) < 4.78 is 17.3. The topological polar surface area (TPSA) is 71.5 Å². The largest absolute Gasteiger partial charge is 0.497 e. The Morgan fingerprint density at radius 2 is 1.88 bits per heavy atom. The van der Waals surface area contributed by atoms with Gasteiger partial charge >= 0.3 is 5.97 Å². The minimum Gasteiger partial charge on any atom is -0.497 e. The highest BCUT2D eigenvalue weighted by Crippen LogP contribution is 2.61. The van der Waals surface area contributed by atoms with Gasteiger partial charge in [0.05, 0.1) is 24.2 Å². The Kier molecular flexibility index (Phi) is 6.10. The van der Waals surface area contributed by atoms with E-state index in [1.54, 1.807) is 14.2 Å². The third-order valence-electron chi connectivity index (χ3n) is 9.70. The van der Waals surface area contributed by atoms with E-state index < -0.39 is 11.2 Å². The Balaban J connectivity index is 1.27. The predicted molar refractivity (Wildman–Crippen MR) is 130 cm³/mol. The molecule has 2 saturated heterocycles. The molecule has 1 aromatic rings. The number of nitrogens with zero attached hydrogens (tertiary/aromatic N) is 2. The van der Waals surface area contributed by atoms with Crippen LogP contribution in [0.5, 0.6) is 5.75 Å². The summed E-state index contributed by atoms with van der Waals surface area (Å²) in [4.78, 5) is 17.8. The van der Waals surface area contributed by atoms with E-state index in [-0.39, 0.29) is 29.3 Å². The average Bonchev–Trinajstić information content (AvgIpc) is 3.12. The van der Waals surface area contributed by atoms with Crippen molar-refractivity contribution in [2.45, 2.75) is 63.3 Å². The van der Waals surface area contributed by atoms with Crippen molar-refractivity contribution in [3.8, 4) is 5.75 Å². The van der Waals surface area contributed by atoms with Gasteiger partial charge in [-0.2, -0.15) is 0 Å². The zero-order valence-corrected chi connectivity index (χ0v) is 21.1. The molecule has 5 rings (SSSR count). The van der Waals surface area contributed by atoms with E-state index in [1.807, 2.05) is 12.1 Å². The van der Waals surface area contributed by atoms with Crippen LogP contribution >= 0.6 is 0 Å². The third kappa shape index (κ3) is 3.71. The molecule has 7 heteroatoms. The van der Waals surface area contributed by atoms with Crippen LogP contribution < -0.4 is 9.64 Å². The first-order valence-electron chi connectivity index (χ1n) is 12.8. The molecule has 0 unspecified atom stereocenters. The number of anilines is 1. The first kappa shape index (κ1) is 23.9. The Bertz CT molecular complexity index is 918. The second kappa shape index (κ2) is 8.68. The van der Waals surface area contributed by atoms with Gasteiger partial charge in [-0.05, 0) is 51.2 Å². The maximum atomic E-state index is 13.0. The van der Waals surface area contributed by atoms with Crippen molar-refractivity contribution in [2.24, 2.45) is 17.3 Å². The number of ether oxygens (including phenoxy) is 3. The lowest BCUT2D eigenvalue weighted by Gasteiger charge is -2.62. The van der Waals surface area contributed by atoms with E-state index >= 15 is 0 Å². The van der Waals surface area contributed by atoms with Crippen molar-refractivity contribution in [2.75, 3.05) is 51.8 Å². The fourth-order valence-corrected chi connectivity index (χ4v) is 7.37. The fraction of sp³-hybridized carbons (Fsp3) is 0.741. The number of carbonyl (C=O) groups is 1. The molecule has 34 heavy (non-hydrogen) atoms. The molecule has 6 atom stereocenters. The van der Waals surface area contributed by atoms with Crippen molar-refractivity contribution in [3.05, 3.63) is 24.3 Å². The minimum atomic E-state index is -0.953. The third-order valence-corrected chi connectivity index (χ3v) is 9.70. The molecular weight excluding hydrogens is 432 g/mol. The number of carbonyl (C=O) groups excluding carboxylic acids is 1. The highest BCUT2D eigenvalue weighted by Gasteiger charge is 2.67. The Morgan fingerprint density at radius 3 is 2.59 bits per heavy atom. The molecule has 0 radical (unpaired) electrons. The summed E-state index contributed by atoms with van der Waals surface area (Å²) in [6, 6.07) is 8.18. The molecule has 4 fully saturated rings. The van der Waals surface area contributed by atoms with Gasteiger partial charge in [-0.1, -0.05) is 13.0 Å². The van der Waals surface area contributed by atoms with E-state index in [2.05, 4.69) is 35.8 Å². The number of benzene rings is 1. The lowest BCUT2D eigenvalue weighted by atomic mass is 9.49. The van der Waals surface area contributed by atoms with Crippen molar-refractivity contribution in [3.63, 3.8) is 0 Å². The molecule has 1 N–H and O–H groups in total. The Morgan fingerprint density at radius 1 is 1.12 bits per heavy atom. The van der Waals surface area contributed by atoms with Gasteiger partial charge in [-0.25, -0.2) is 0 Å². The van der Waals surface area contributed by atoms with E-state index in [1.165, 1.54) is 5.69 Å². The lowest BCUT2D eigenvalue weighted by molar-refractivity contribution is -0.270. The Hall–Kier alpha value is -1.83. The molecule has 4 aliphatic rings. The van der Waals surface area contributed by atoms with Crippen molar-refractivity contribution in [1.82, 2.24) is 4.90 Å². The summed E-state index contributed by atoms with van der Waals surface area (Å²) in [5, 5.41) is 12.1. The molecule has 7 nitrogen and oxygen atoms in total. The van der Waals surface area contributed by atoms with Gasteiger partial charge in [0.25, 0.3) is 0 Å². The van der Waals surface area contributed by atoms with Gasteiger partial charge in [0.15, 0.2) is 0 Å². The van der Waals surface area contributed by atoms with Crippen molar-refractivity contribution >= 4 is 11.7 Å². The van der Waals surface area contributed by atoms with Crippen LogP contribution in [0.4, 0.5) is 5.69 Å². The normalized spacial score (nSPS) is 40.4. The van der Waals surface area contributed by atoms with Crippen LogP contribution in [0.2, 0.25) is 0 Å². The highest BCUT2D eigenvalue weighted by atomic mass is 16.6. The summed E-state index contributed by atoms with van der Waals surface area (Å²) in [6.07, 6.45) is 4.01. The number of hydrogen-bond donors (Lipinski definition) is 1. The van der Waals surface area contributed by atoms with Crippen molar-refractivity contribution in [1.29, 1.82) is 0 Å². The molecule has 188 valence electrons. The Labute approximate surface area is 203 Å². The number of esters is 1.